The Morgan fingerprint density at radius 3 is 1.11 bits per heavy atom. The molecular weight excluding hydrogens is 1020 g/mol. The Hall–Kier alpha value is -10.6. The van der Waals surface area contributed by atoms with Crippen LogP contribution >= 0.6 is 0 Å². The van der Waals surface area contributed by atoms with E-state index >= 15 is 0 Å². The lowest BCUT2D eigenvalue weighted by Gasteiger charge is -2.29. The molecule has 2 aliphatic rings. The van der Waals surface area contributed by atoms with Gasteiger partial charge in [-0.1, -0.05) is 161 Å². The first-order valence-electron chi connectivity index (χ1n) is 29.2. The summed E-state index contributed by atoms with van der Waals surface area (Å²) in [6.45, 7) is 9.49. The summed E-state index contributed by atoms with van der Waals surface area (Å²) >= 11 is 0. The van der Waals surface area contributed by atoms with Crippen LogP contribution in [0.5, 0.6) is 0 Å². The number of rotatable bonds is 6. The van der Waals surface area contributed by atoms with E-state index in [9.17, 15) is 0 Å². The molecule has 0 bridgehead atoms. The average molecular weight is 1080 g/mol. The van der Waals surface area contributed by atoms with Crippen LogP contribution in [0.4, 0.5) is 34.1 Å². The predicted octanol–water partition coefficient (Wildman–Crippen LogP) is 21.6. The van der Waals surface area contributed by atoms with Gasteiger partial charge in [0.05, 0.1) is 44.5 Å². The Labute approximate surface area is 483 Å². The molecular formula is C78H52N4O2. The summed E-state index contributed by atoms with van der Waals surface area (Å²) < 4.78 is 18.1. The molecule has 0 spiro atoms. The largest absolute Gasteiger partial charge is 0.456 e. The van der Waals surface area contributed by atoms with E-state index in [0.29, 0.717) is 0 Å². The highest BCUT2D eigenvalue weighted by molar-refractivity contribution is 6.27. The minimum absolute atomic E-state index is 0.198. The summed E-state index contributed by atoms with van der Waals surface area (Å²) in [5, 5.41) is 9.14. The molecule has 396 valence electrons. The third kappa shape index (κ3) is 5.88. The first-order chi connectivity index (χ1) is 41.2. The fraction of sp³-hybridized carbons (Fsp3) is 0.0769. The van der Waals surface area contributed by atoms with Crippen LogP contribution in [-0.4, -0.2) is 8.80 Å². The van der Waals surface area contributed by atoms with E-state index < -0.39 is 0 Å². The molecule has 0 saturated carbocycles. The number of aromatic nitrogens is 2. The van der Waals surface area contributed by atoms with Crippen molar-refractivity contribution in [1.82, 2.24) is 8.80 Å². The highest BCUT2D eigenvalue weighted by atomic mass is 16.3. The molecule has 19 rings (SSSR count). The zero-order chi connectivity index (χ0) is 55.5. The van der Waals surface area contributed by atoms with E-state index in [-0.39, 0.29) is 10.8 Å². The molecule has 0 atom stereocenters. The molecule has 2 aliphatic carbocycles. The van der Waals surface area contributed by atoms with Crippen LogP contribution in [0.3, 0.4) is 0 Å². The van der Waals surface area contributed by atoms with Crippen molar-refractivity contribution in [2.75, 3.05) is 9.80 Å². The van der Waals surface area contributed by atoms with Crippen molar-refractivity contribution in [3.8, 4) is 22.3 Å². The molecule has 6 heteroatoms. The van der Waals surface area contributed by atoms with E-state index in [4.69, 9.17) is 8.83 Å². The lowest BCUT2D eigenvalue weighted by molar-refractivity contribution is 0.660. The first kappa shape index (κ1) is 46.1. The second-order valence-electron chi connectivity index (χ2n) is 24.4. The molecule has 0 radical (unpaired) electrons. The van der Waals surface area contributed by atoms with Crippen molar-refractivity contribution in [1.29, 1.82) is 0 Å². The Bertz CT molecular complexity index is 5370. The number of nitrogens with zero attached hydrogens (tertiary/aromatic N) is 4. The zero-order valence-corrected chi connectivity index (χ0v) is 46.7. The van der Waals surface area contributed by atoms with E-state index in [1.54, 1.807) is 0 Å². The Balaban J connectivity index is 0.898. The molecule has 17 aromatic rings. The van der Waals surface area contributed by atoms with Crippen LogP contribution in [0.2, 0.25) is 0 Å². The van der Waals surface area contributed by atoms with Crippen molar-refractivity contribution in [3.05, 3.63) is 265 Å². The van der Waals surface area contributed by atoms with Crippen LogP contribution < -0.4 is 9.80 Å². The normalized spacial score (nSPS) is 14.1. The molecule has 84 heavy (non-hydrogen) atoms. The van der Waals surface area contributed by atoms with Gasteiger partial charge in [-0.15, -0.1) is 0 Å². The number of fused-ring (bicyclic) bond motifs is 20. The number of hydrogen-bond acceptors (Lipinski definition) is 4. The lowest BCUT2D eigenvalue weighted by atomic mass is 9.82. The van der Waals surface area contributed by atoms with Gasteiger partial charge in [0, 0.05) is 76.7 Å². The maximum Gasteiger partial charge on any atom is 0.135 e. The number of hydrogen-bond donors (Lipinski definition) is 0. The van der Waals surface area contributed by atoms with Crippen LogP contribution in [0.25, 0.3) is 121 Å². The van der Waals surface area contributed by atoms with Gasteiger partial charge >= 0.3 is 0 Å². The van der Waals surface area contributed by atoms with Crippen LogP contribution in [-0.2, 0) is 10.8 Å². The van der Waals surface area contributed by atoms with Gasteiger partial charge in [-0.05, 0) is 154 Å². The lowest BCUT2D eigenvalue weighted by Crippen LogP contribution is -2.16. The maximum absolute atomic E-state index is 6.49. The number of furan rings is 2. The van der Waals surface area contributed by atoms with Gasteiger partial charge in [-0.2, -0.15) is 0 Å². The fourth-order valence-corrected chi connectivity index (χ4v) is 15.6. The van der Waals surface area contributed by atoms with Crippen molar-refractivity contribution in [3.63, 3.8) is 0 Å². The quantitative estimate of drug-likeness (QED) is 0.156. The molecule has 5 aromatic heterocycles. The molecule has 0 fully saturated rings. The third-order valence-corrected chi connectivity index (χ3v) is 19.4. The molecule has 0 amide bonds. The topological polar surface area (TPSA) is 41.6 Å². The van der Waals surface area contributed by atoms with Gasteiger partial charge in [-0.3, -0.25) is 0 Å². The summed E-state index contributed by atoms with van der Waals surface area (Å²) in [6, 6.07) is 90.0. The van der Waals surface area contributed by atoms with Gasteiger partial charge in [0.2, 0.25) is 0 Å². The minimum atomic E-state index is -0.198. The number of benzene rings is 12. The molecule has 0 saturated heterocycles. The van der Waals surface area contributed by atoms with Gasteiger partial charge in [0.1, 0.15) is 22.3 Å². The number of anilines is 6. The fourth-order valence-electron chi connectivity index (χ4n) is 15.6. The van der Waals surface area contributed by atoms with Crippen molar-refractivity contribution < 1.29 is 8.83 Å². The van der Waals surface area contributed by atoms with E-state index in [2.05, 4.69) is 277 Å². The van der Waals surface area contributed by atoms with Crippen LogP contribution in [0.1, 0.15) is 49.9 Å². The zero-order valence-electron chi connectivity index (χ0n) is 46.7. The summed E-state index contributed by atoms with van der Waals surface area (Å²) in [4.78, 5) is 5.01. The van der Waals surface area contributed by atoms with Crippen LogP contribution in [0, 0.1) is 0 Å². The SMILES string of the molecule is CC1(C)c2ccccc2-c2ccc(N(c3ccc4oc5ccccc5c4c3)c3ccc4c5c3c3ccccc3n5c3ccc(N(c5ccc6c(c5)C(C)(C)c5ccccc5-6)c5ccc6oc7ccccc7c6c5)c5c6ccccc6n4c53)cc21. The van der Waals surface area contributed by atoms with Crippen molar-refractivity contribution in [2.45, 2.75) is 38.5 Å². The molecule has 5 heterocycles. The molecule has 0 unspecified atom stereocenters. The molecule has 0 N–H and O–H groups in total. The third-order valence-electron chi connectivity index (χ3n) is 19.4. The summed E-state index contributed by atoms with van der Waals surface area (Å²) in [5.74, 6) is 0. The number of para-hydroxylation sites is 4. The predicted molar refractivity (Wildman–Crippen MR) is 349 cm³/mol. The Morgan fingerprint density at radius 2 is 0.643 bits per heavy atom. The summed E-state index contributed by atoms with van der Waals surface area (Å²) in [5.41, 5.74) is 27.1. The second kappa shape index (κ2) is 16.1. The molecule has 0 aliphatic heterocycles. The van der Waals surface area contributed by atoms with Gasteiger partial charge in [-0.25, -0.2) is 0 Å². The Kier molecular flexibility index (Phi) is 8.85. The van der Waals surface area contributed by atoms with Gasteiger partial charge < -0.3 is 27.4 Å². The van der Waals surface area contributed by atoms with E-state index in [1.165, 1.54) is 77.1 Å². The van der Waals surface area contributed by atoms with Gasteiger partial charge in [0.15, 0.2) is 0 Å². The first-order valence-corrected chi connectivity index (χ1v) is 29.2. The Morgan fingerprint density at radius 1 is 0.286 bits per heavy atom. The maximum atomic E-state index is 6.49. The van der Waals surface area contributed by atoms with Crippen molar-refractivity contribution >= 4 is 133 Å². The summed E-state index contributed by atoms with van der Waals surface area (Å²) in [7, 11) is 0. The van der Waals surface area contributed by atoms with E-state index in [0.717, 1.165) is 100 Å². The monoisotopic (exact) mass is 1080 g/mol. The highest BCUT2D eigenvalue weighted by Gasteiger charge is 2.38. The van der Waals surface area contributed by atoms with Crippen LogP contribution in [0.15, 0.2) is 251 Å². The standard InChI is InChI=1S/C78H52N4O2/c1-77(2)59-23-11-5-17-49(59)51-33-29-47(43-61(51)77)79(45-31-39-71-57(41-45)53-19-9-15-27-69(53)83-71)65-35-37-67-75-73(65)55-21-7-13-25-63(55)81(75)68-38-36-66(74-56-22-8-14-26-64(56)82(67)76(68)74)80(46-32-40-72-58(42-46)54-20-10-16-28-70(54)84-72)48-30-34-52-50-18-6-12-24-60(50)78(3,4)62(52)44-48/h5-44H,1-4H3. The highest BCUT2D eigenvalue weighted by Crippen LogP contribution is 2.56. The summed E-state index contributed by atoms with van der Waals surface area (Å²) in [6.07, 6.45) is 0. The van der Waals surface area contributed by atoms with Gasteiger partial charge in [0.25, 0.3) is 0 Å². The smallest absolute Gasteiger partial charge is 0.135 e. The molecule has 6 nitrogen and oxygen atoms in total. The van der Waals surface area contributed by atoms with Crippen molar-refractivity contribution in [2.24, 2.45) is 0 Å². The molecule has 12 aromatic carbocycles. The second-order valence-corrected chi connectivity index (χ2v) is 24.4. The van der Waals surface area contributed by atoms with E-state index in [1.807, 2.05) is 12.1 Å². The average Bonchev–Trinajstić information content (AvgIpc) is 1.63. The minimum Gasteiger partial charge on any atom is -0.456 e.